The zero-order chi connectivity index (χ0) is 20.1. The highest BCUT2D eigenvalue weighted by atomic mass is 16.5. The molecule has 1 saturated heterocycles. The first-order chi connectivity index (χ1) is 13.5. The summed E-state index contributed by atoms with van der Waals surface area (Å²) in [6.07, 6.45) is 2.15. The standard InChI is InChI=1S/C19H27N5O4/c1-24-19(22-18(23-24)13-5-7-20-8-6-13)21-16(25)11-12-9-14(26-2)17(28-4)15(10-12)27-3/h9-10,13,20H,5-8,11H2,1-4H3,(H,21,22,23,25). The normalized spacial score (nSPS) is 14.6. The van der Waals surface area contributed by atoms with E-state index >= 15 is 0 Å². The van der Waals surface area contributed by atoms with Gasteiger partial charge < -0.3 is 19.5 Å². The minimum atomic E-state index is -0.193. The van der Waals surface area contributed by atoms with Gasteiger partial charge in [-0.15, -0.1) is 0 Å². The molecule has 9 heteroatoms. The molecule has 9 nitrogen and oxygen atoms in total. The van der Waals surface area contributed by atoms with Crippen molar-refractivity contribution >= 4 is 11.9 Å². The van der Waals surface area contributed by atoms with Crippen molar-refractivity contribution in [2.24, 2.45) is 7.05 Å². The van der Waals surface area contributed by atoms with E-state index in [4.69, 9.17) is 14.2 Å². The highest BCUT2D eigenvalue weighted by Crippen LogP contribution is 2.38. The van der Waals surface area contributed by atoms with Gasteiger partial charge in [-0.05, 0) is 43.6 Å². The smallest absolute Gasteiger partial charge is 0.231 e. The van der Waals surface area contributed by atoms with Crippen molar-refractivity contribution in [3.05, 3.63) is 23.5 Å². The Morgan fingerprint density at radius 3 is 2.39 bits per heavy atom. The Bertz CT molecular complexity index is 805. The Hall–Kier alpha value is -2.81. The van der Waals surface area contributed by atoms with Gasteiger partial charge in [0.25, 0.3) is 0 Å². The topological polar surface area (TPSA) is 99.5 Å². The molecule has 0 radical (unpaired) electrons. The average molecular weight is 389 g/mol. The quantitative estimate of drug-likeness (QED) is 0.740. The van der Waals surface area contributed by atoms with E-state index in [-0.39, 0.29) is 12.3 Å². The lowest BCUT2D eigenvalue weighted by Crippen LogP contribution is -2.27. The van der Waals surface area contributed by atoms with E-state index in [0.717, 1.165) is 37.3 Å². The Balaban J connectivity index is 1.71. The summed E-state index contributed by atoms with van der Waals surface area (Å²) in [6, 6.07) is 3.52. The molecule has 1 aliphatic rings. The van der Waals surface area contributed by atoms with E-state index in [1.165, 1.54) is 0 Å². The number of ether oxygens (including phenoxy) is 3. The molecule has 28 heavy (non-hydrogen) atoms. The van der Waals surface area contributed by atoms with Crippen LogP contribution in [0.5, 0.6) is 17.2 Å². The third kappa shape index (κ3) is 4.36. The molecule has 152 valence electrons. The van der Waals surface area contributed by atoms with Crippen molar-refractivity contribution in [2.45, 2.75) is 25.2 Å². The second-order valence-electron chi connectivity index (χ2n) is 6.70. The van der Waals surface area contributed by atoms with Gasteiger partial charge in [0, 0.05) is 13.0 Å². The summed E-state index contributed by atoms with van der Waals surface area (Å²) in [4.78, 5) is 17.1. The lowest BCUT2D eigenvalue weighted by molar-refractivity contribution is -0.115. The maximum Gasteiger partial charge on any atom is 0.231 e. The second-order valence-corrected chi connectivity index (χ2v) is 6.70. The predicted molar refractivity (Wildman–Crippen MR) is 104 cm³/mol. The summed E-state index contributed by atoms with van der Waals surface area (Å²) < 4.78 is 17.6. The van der Waals surface area contributed by atoms with Gasteiger partial charge in [0.1, 0.15) is 0 Å². The molecule has 2 N–H and O–H groups in total. The summed E-state index contributed by atoms with van der Waals surface area (Å²) >= 11 is 0. The number of nitrogens with one attached hydrogen (secondary N) is 2. The van der Waals surface area contributed by atoms with Gasteiger partial charge in [-0.3, -0.25) is 10.1 Å². The van der Waals surface area contributed by atoms with Crippen LogP contribution in [0.25, 0.3) is 0 Å². The van der Waals surface area contributed by atoms with Crippen molar-refractivity contribution < 1.29 is 19.0 Å². The molecule has 0 unspecified atom stereocenters. The largest absolute Gasteiger partial charge is 0.493 e. The van der Waals surface area contributed by atoms with E-state index in [9.17, 15) is 4.79 Å². The highest BCUT2D eigenvalue weighted by molar-refractivity contribution is 5.91. The number of rotatable bonds is 7. The second kappa shape index (κ2) is 8.92. The van der Waals surface area contributed by atoms with Gasteiger partial charge >= 0.3 is 0 Å². The molecule has 1 amide bonds. The van der Waals surface area contributed by atoms with E-state index in [1.54, 1.807) is 45.2 Å². The van der Waals surface area contributed by atoms with Crippen molar-refractivity contribution in [2.75, 3.05) is 39.7 Å². The highest BCUT2D eigenvalue weighted by Gasteiger charge is 2.22. The zero-order valence-electron chi connectivity index (χ0n) is 16.7. The number of benzene rings is 1. The van der Waals surface area contributed by atoms with Gasteiger partial charge in [0.15, 0.2) is 17.3 Å². The number of amides is 1. The number of carbonyl (C=O) groups excluding carboxylic acids is 1. The molecule has 0 atom stereocenters. The molecule has 0 aliphatic carbocycles. The number of carbonyl (C=O) groups is 1. The molecular formula is C19H27N5O4. The lowest BCUT2D eigenvalue weighted by Gasteiger charge is -2.19. The molecule has 1 fully saturated rings. The number of aryl methyl sites for hydroxylation is 1. The molecule has 0 bridgehead atoms. The number of nitrogens with zero attached hydrogens (tertiary/aromatic N) is 3. The first kappa shape index (κ1) is 19.9. The van der Waals surface area contributed by atoms with E-state index < -0.39 is 0 Å². The van der Waals surface area contributed by atoms with Crippen LogP contribution in [0.1, 0.15) is 30.1 Å². The Morgan fingerprint density at radius 2 is 1.82 bits per heavy atom. The van der Waals surface area contributed by atoms with Crippen LogP contribution in [-0.4, -0.2) is 55.1 Å². The van der Waals surface area contributed by atoms with Crippen LogP contribution in [0.2, 0.25) is 0 Å². The fourth-order valence-corrected chi connectivity index (χ4v) is 3.36. The summed E-state index contributed by atoms with van der Waals surface area (Å²) in [6.45, 7) is 1.93. The molecule has 1 aromatic heterocycles. The Morgan fingerprint density at radius 1 is 1.18 bits per heavy atom. The van der Waals surface area contributed by atoms with Gasteiger partial charge in [0.2, 0.25) is 17.6 Å². The zero-order valence-corrected chi connectivity index (χ0v) is 16.7. The average Bonchev–Trinajstić information content (AvgIpc) is 3.08. The maximum atomic E-state index is 12.6. The Labute approximate surface area is 164 Å². The number of anilines is 1. The van der Waals surface area contributed by atoms with Crippen molar-refractivity contribution in [1.29, 1.82) is 0 Å². The molecule has 1 aliphatic heterocycles. The third-order valence-electron chi connectivity index (χ3n) is 4.82. The lowest BCUT2D eigenvalue weighted by atomic mass is 9.98. The fourth-order valence-electron chi connectivity index (χ4n) is 3.36. The molecule has 2 aromatic rings. The van der Waals surface area contributed by atoms with Gasteiger partial charge in [-0.25, -0.2) is 4.68 Å². The van der Waals surface area contributed by atoms with Crippen molar-refractivity contribution in [3.8, 4) is 17.2 Å². The first-order valence-corrected chi connectivity index (χ1v) is 9.26. The van der Waals surface area contributed by atoms with Crippen LogP contribution >= 0.6 is 0 Å². The number of methoxy groups -OCH3 is 3. The van der Waals surface area contributed by atoms with Gasteiger partial charge in [-0.2, -0.15) is 10.1 Å². The SMILES string of the molecule is COc1cc(CC(=O)Nc2nc(C3CCNCC3)nn2C)cc(OC)c1OC. The number of aromatic nitrogens is 3. The third-order valence-corrected chi connectivity index (χ3v) is 4.82. The Kier molecular flexibility index (Phi) is 6.35. The van der Waals surface area contributed by atoms with E-state index in [0.29, 0.717) is 29.1 Å². The van der Waals surface area contributed by atoms with Crippen LogP contribution < -0.4 is 24.8 Å². The summed E-state index contributed by atoms with van der Waals surface area (Å²) in [5, 5.41) is 10.7. The number of hydrogen-bond donors (Lipinski definition) is 2. The van der Waals surface area contributed by atoms with Crippen LogP contribution in [0.3, 0.4) is 0 Å². The molecule has 0 spiro atoms. The number of hydrogen-bond acceptors (Lipinski definition) is 7. The van der Waals surface area contributed by atoms with Crippen molar-refractivity contribution in [1.82, 2.24) is 20.1 Å². The van der Waals surface area contributed by atoms with Gasteiger partial charge in [-0.1, -0.05) is 0 Å². The van der Waals surface area contributed by atoms with Crippen LogP contribution in [-0.2, 0) is 18.3 Å². The van der Waals surface area contributed by atoms with Crippen LogP contribution in [0, 0.1) is 0 Å². The first-order valence-electron chi connectivity index (χ1n) is 9.26. The predicted octanol–water partition coefficient (Wildman–Crippen LogP) is 1.49. The van der Waals surface area contributed by atoms with Crippen LogP contribution in [0.15, 0.2) is 12.1 Å². The molecule has 0 saturated carbocycles. The summed E-state index contributed by atoms with van der Waals surface area (Å²) in [5.41, 5.74) is 0.743. The van der Waals surface area contributed by atoms with Crippen LogP contribution in [0.4, 0.5) is 5.95 Å². The minimum absolute atomic E-state index is 0.145. The maximum absolute atomic E-state index is 12.6. The fraction of sp³-hybridized carbons (Fsp3) is 0.526. The number of piperidine rings is 1. The molecule has 2 heterocycles. The van der Waals surface area contributed by atoms with Gasteiger partial charge in [0.05, 0.1) is 27.8 Å². The minimum Gasteiger partial charge on any atom is -0.493 e. The monoisotopic (exact) mass is 389 g/mol. The van der Waals surface area contributed by atoms with Crippen molar-refractivity contribution in [3.63, 3.8) is 0 Å². The molecular weight excluding hydrogens is 362 g/mol. The summed E-state index contributed by atoms with van der Waals surface area (Å²) in [5.74, 6) is 2.88. The summed E-state index contributed by atoms with van der Waals surface area (Å²) in [7, 11) is 6.42. The van der Waals surface area contributed by atoms with E-state index in [2.05, 4.69) is 20.7 Å². The molecule has 3 rings (SSSR count). The van der Waals surface area contributed by atoms with E-state index in [1.807, 2.05) is 0 Å². The molecule has 1 aromatic carbocycles.